The number of rotatable bonds is 5. The van der Waals surface area contributed by atoms with E-state index in [2.05, 4.69) is 10.00 Å². The van der Waals surface area contributed by atoms with Gasteiger partial charge in [-0.3, -0.25) is 24.0 Å². The van der Waals surface area contributed by atoms with Crippen LogP contribution in [0.5, 0.6) is 0 Å². The molecule has 1 atom stereocenters. The summed E-state index contributed by atoms with van der Waals surface area (Å²) in [4.78, 5) is 45.5. The molecule has 8 nitrogen and oxygen atoms in total. The minimum atomic E-state index is -0.248. The highest BCUT2D eigenvalue weighted by Crippen LogP contribution is 2.34. The van der Waals surface area contributed by atoms with Crippen LogP contribution in [-0.4, -0.2) is 70.0 Å². The number of carbonyl (C=O) groups is 3. The number of nitrogens with zero attached hydrogens (tertiary/aromatic N) is 5. The number of carbonyl (C=O) groups excluding carboxylic acids is 3. The van der Waals surface area contributed by atoms with Gasteiger partial charge in [0.2, 0.25) is 5.91 Å². The Hall–Kier alpha value is -3.16. The lowest BCUT2D eigenvalue weighted by atomic mass is 9.94. The molecule has 0 radical (unpaired) electrons. The molecule has 0 aliphatic carbocycles. The SMILES string of the molecule is Cc1cc(C)n(CCN2C(=O)c3cccc(N4CCC[C@H](C(=O)N5CCCCCC5)C4)c3C2=O)n1. The Morgan fingerprint density at radius 3 is 2.46 bits per heavy atom. The van der Waals surface area contributed by atoms with Crippen LogP contribution in [0, 0.1) is 19.8 Å². The molecule has 8 heteroatoms. The summed E-state index contributed by atoms with van der Waals surface area (Å²) < 4.78 is 1.84. The van der Waals surface area contributed by atoms with Crippen LogP contribution in [0.3, 0.4) is 0 Å². The molecule has 1 aromatic carbocycles. The summed E-state index contributed by atoms with van der Waals surface area (Å²) in [7, 11) is 0. The molecule has 186 valence electrons. The van der Waals surface area contributed by atoms with E-state index in [0.29, 0.717) is 24.2 Å². The Balaban J connectivity index is 1.33. The maximum Gasteiger partial charge on any atom is 0.263 e. The van der Waals surface area contributed by atoms with Crippen LogP contribution in [-0.2, 0) is 11.3 Å². The minimum absolute atomic E-state index is 0.0629. The van der Waals surface area contributed by atoms with Crippen LogP contribution in [0.25, 0.3) is 0 Å². The number of aryl methyl sites for hydroxylation is 2. The van der Waals surface area contributed by atoms with Gasteiger partial charge in [0, 0.05) is 38.4 Å². The van der Waals surface area contributed by atoms with Crippen molar-refractivity contribution >= 4 is 23.4 Å². The molecule has 2 fully saturated rings. The maximum atomic E-state index is 13.5. The molecular weight excluding hydrogens is 442 g/mol. The average molecular weight is 478 g/mol. The van der Waals surface area contributed by atoms with Gasteiger partial charge in [-0.2, -0.15) is 5.10 Å². The molecule has 0 spiro atoms. The summed E-state index contributed by atoms with van der Waals surface area (Å²) >= 11 is 0. The van der Waals surface area contributed by atoms with Gasteiger partial charge in [0.1, 0.15) is 0 Å². The second-order valence-electron chi connectivity index (χ2n) is 10.1. The number of hydrogen-bond acceptors (Lipinski definition) is 5. The normalized spacial score (nSPS) is 20.9. The van der Waals surface area contributed by atoms with Gasteiger partial charge in [-0.15, -0.1) is 0 Å². The number of piperidine rings is 1. The van der Waals surface area contributed by atoms with E-state index >= 15 is 0 Å². The summed E-state index contributed by atoms with van der Waals surface area (Å²) in [5.74, 6) is -0.309. The van der Waals surface area contributed by atoms with Crippen LogP contribution < -0.4 is 4.90 Å². The first-order chi connectivity index (χ1) is 16.9. The fourth-order valence-corrected chi connectivity index (χ4v) is 5.83. The molecular formula is C27H35N5O3. The molecule has 3 aliphatic rings. The Labute approximate surface area is 206 Å². The predicted octanol–water partition coefficient (Wildman–Crippen LogP) is 3.42. The van der Waals surface area contributed by atoms with Crippen LogP contribution in [0.1, 0.15) is 70.6 Å². The summed E-state index contributed by atoms with van der Waals surface area (Å²) in [5, 5.41) is 4.45. The highest BCUT2D eigenvalue weighted by atomic mass is 16.2. The Bertz CT molecular complexity index is 1130. The second-order valence-corrected chi connectivity index (χ2v) is 10.1. The van der Waals surface area contributed by atoms with Crippen LogP contribution >= 0.6 is 0 Å². The number of aromatic nitrogens is 2. The van der Waals surface area contributed by atoms with Gasteiger partial charge < -0.3 is 9.80 Å². The number of hydrogen-bond donors (Lipinski definition) is 0. The molecule has 35 heavy (non-hydrogen) atoms. The van der Waals surface area contributed by atoms with Gasteiger partial charge in [-0.05, 0) is 57.7 Å². The first-order valence-electron chi connectivity index (χ1n) is 13.0. The zero-order chi connectivity index (χ0) is 24.5. The monoisotopic (exact) mass is 477 g/mol. The number of benzene rings is 1. The van der Waals surface area contributed by atoms with Crippen molar-refractivity contribution in [3.63, 3.8) is 0 Å². The van der Waals surface area contributed by atoms with E-state index in [0.717, 1.165) is 62.4 Å². The quantitative estimate of drug-likeness (QED) is 0.617. The zero-order valence-electron chi connectivity index (χ0n) is 20.8. The second kappa shape index (κ2) is 9.84. The third-order valence-electron chi connectivity index (χ3n) is 7.64. The Morgan fingerprint density at radius 2 is 1.74 bits per heavy atom. The van der Waals surface area contributed by atoms with Crippen LogP contribution in [0.4, 0.5) is 5.69 Å². The molecule has 1 aromatic heterocycles. The Kier molecular flexibility index (Phi) is 6.62. The molecule has 4 heterocycles. The molecule has 0 saturated carbocycles. The molecule has 2 aromatic rings. The maximum absolute atomic E-state index is 13.5. The van der Waals surface area contributed by atoms with Crippen LogP contribution in [0.2, 0.25) is 0 Å². The van der Waals surface area contributed by atoms with E-state index in [9.17, 15) is 14.4 Å². The van der Waals surface area contributed by atoms with E-state index in [1.165, 1.54) is 17.7 Å². The number of amides is 3. The molecule has 3 amide bonds. The van der Waals surface area contributed by atoms with Crippen molar-refractivity contribution in [2.45, 2.75) is 58.9 Å². The van der Waals surface area contributed by atoms with Crippen molar-refractivity contribution < 1.29 is 14.4 Å². The van der Waals surface area contributed by atoms with E-state index in [4.69, 9.17) is 0 Å². The summed E-state index contributed by atoms with van der Waals surface area (Å²) in [6, 6.07) is 7.50. The van der Waals surface area contributed by atoms with E-state index in [1.54, 1.807) is 6.07 Å². The fourth-order valence-electron chi connectivity index (χ4n) is 5.83. The average Bonchev–Trinajstić information content (AvgIpc) is 3.15. The van der Waals surface area contributed by atoms with Gasteiger partial charge >= 0.3 is 0 Å². The van der Waals surface area contributed by atoms with Gasteiger partial charge in [-0.25, -0.2) is 0 Å². The zero-order valence-corrected chi connectivity index (χ0v) is 20.8. The van der Waals surface area contributed by atoms with Gasteiger partial charge in [0.05, 0.1) is 35.0 Å². The topological polar surface area (TPSA) is 78.8 Å². The van der Waals surface area contributed by atoms with Gasteiger partial charge in [0.25, 0.3) is 11.8 Å². The summed E-state index contributed by atoms with van der Waals surface area (Å²) in [6.45, 7) is 7.74. The number of imide groups is 1. The molecule has 0 bridgehead atoms. The third kappa shape index (κ3) is 4.58. The molecule has 0 N–H and O–H groups in total. The van der Waals surface area contributed by atoms with Gasteiger partial charge in [0.15, 0.2) is 0 Å². The molecule has 3 aliphatic heterocycles. The number of fused-ring (bicyclic) bond motifs is 1. The Morgan fingerprint density at radius 1 is 0.971 bits per heavy atom. The number of anilines is 1. The van der Waals surface area contributed by atoms with Crippen molar-refractivity contribution in [1.82, 2.24) is 19.6 Å². The summed E-state index contributed by atoms with van der Waals surface area (Å²) in [6.07, 6.45) is 6.34. The lowest BCUT2D eigenvalue weighted by Gasteiger charge is -2.36. The first-order valence-corrected chi connectivity index (χ1v) is 13.0. The van der Waals surface area contributed by atoms with Crippen molar-refractivity contribution in [3.05, 3.63) is 46.8 Å². The fraction of sp³-hybridized carbons (Fsp3) is 0.556. The smallest absolute Gasteiger partial charge is 0.263 e. The number of likely N-dealkylation sites (tertiary alicyclic amines) is 1. The minimum Gasteiger partial charge on any atom is -0.370 e. The van der Waals surface area contributed by atoms with Crippen molar-refractivity contribution in [3.8, 4) is 0 Å². The standard InChI is InChI=1S/C27H35N5O3/c1-19-17-20(2)32(28-19)16-15-31-26(34)22-10-7-11-23(24(22)27(31)35)30-14-8-9-21(18-30)25(33)29-12-5-3-4-6-13-29/h7,10-11,17,21H,3-6,8-9,12-16,18H2,1-2H3/t21-/m0/s1. The van der Waals surface area contributed by atoms with Crippen molar-refractivity contribution in [2.24, 2.45) is 5.92 Å². The lowest BCUT2D eigenvalue weighted by molar-refractivity contribution is -0.135. The largest absolute Gasteiger partial charge is 0.370 e. The van der Waals surface area contributed by atoms with E-state index in [-0.39, 0.29) is 30.2 Å². The predicted molar refractivity (Wildman–Crippen MR) is 133 cm³/mol. The third-order valence-corrected chi connectivity index (χ3v) is 7.64. The van der Waals surface area contributed by atoms with Crippen molar-refractivity contribution in [1.29, 1.82) is 0 Å². The highest BCUT2D eigenvalue weighted by Gasteiger charge is 2.39. The summed E-state index contributed by atoms with van der Waals surface area (Å²) in [5.41, 5.74) is 3.65. The van der Waals surface area contributed by atoms with Gasteiger partial charge in [-0.1, -0.05) is 18.9 Å². The molecule has 5 rings (SSSR count). The highest BCUT2D eigenvalue weighted by molar-refractivity contribution is 6.23. The lowest BCUT2D eigenvalue weighted by Crippen LogP contribution is -2.45. The van der Waals surface area contributed by atoms with E-state index in [1.807, 2.05) is 41.6 Å². The van der Waals surface area contributed by atoms with Crippen LogP contribution in [0.15, 0.2) is 24.3 Å². The molecule has 2 saturated heterocycles. The van der Waals surface area contributed by atoms with Crippen molar-refractivity contribution in [2.75, 3.05) is 37.6 Å². The molecule has 0 unspecified atom stereocenters. The first kappa shape index (κ1) is 23.6. The van der Waals surface area contributed by atoms with E-state index < -0.39 is 0 Å².